The smallest absolute Gasteiger partial charge is 0.262 e. The second-order valence-electron chi connectivity index (χ2n) is 5.71. The number of carbonyl (C=O) groups excluding carboxylic acids is 1. The van der Waals surface area contributed by atoms with Gasteiger partial charge in [0, 0.05) is 4.47 Å². The first-order chi connectivity index (χ1) is 12.0. The van der Waals surface area contributed by atoms with Gasteiger partial charge in [0.05, 0.1) is 16.9 Å². The van der Waals surface area contributed by atoms with Crippen molar-refractivity contribution in [3.8, 4) is 0 Å². The number of benzene rings is 2. The molecule has 0 saturated heterocycles. The summed E-state index contributed by atoms with van der Waals surface area (Å²) in [7, 11) is 0. The number of fused-ring (bicyclic) bond motifs is 1. The average molecular weight is 418 g/mol. The highest BCUT2D eigenvalue weighted by atomic mass is 79.9. The van der Waals surface area contributed by atoms with Crippen LogP contribution in [-0.2, 0) is 11.3 Å². The van der Waals surface area contributed by atoms with Crippen LogP contribution >= 0.6 is 28.1 Å². The van der Waals surface area contributed by atoms with Crippen molar-refractivity contribution in [1.82, 2.24) is 14.9 Å². The Kier molecular flexibility index (Phi) is 5.15. The molecule has 1 aromatic heterocycles. The Balaban J connectivity index is 1.81. The number of hydrogen-bond acceptors (Lipinski definition) is 3. The zero-order valence-electron chi connectivity index (χ0n) is 13.5. The van der Waals surface area contributed by atoms with E-state index in [2.05, 4.69) is 26.2 Å². The summed E-state index contributed by atoms with van der Waals surface area (Å²) in [6.07, 6.45) is 0. The molecule has 0 aliphatic rings. The van der Waals surface area contributed by atoms with E-state index in [-0.39, 0.29) is 28.8 Å². The maximum atomic E-state index is 12.6. The summed E-state index contributed by atoms with van der Waals surface area (Å²) >= 11 is 8.61. The molecule has 2 N–H and O–H groups in total. The van der Waals surface area contributed by atoms with Crippen LogP contribution in [0, 0.1) is 4.77 Å². The molecule has 0 saturated carbocycles. The van der Waals surface area contributed by atoms with Gasteiger partial charge in [-0.15, -0.1) is 0 Å². The van der Waals surface area contributed by atoms with Crippen LogP contribution in [0.2, 0.25) is 0 Å². The third kappa shape index (κ3) is 3.88. The van der Waals surface area contributed by atoms with Crippen molar-refractivity contribution < 1.29 is 4.79 Å². The number of hydrogen-bond donors (Lipinski definition) is 2. The van der Waals surface area contributed by atoms with Crippen LogP contribution in [0.4, 0.5) is 0 Å². The first-order valence-electron chi connectivity index (χ1n) is 7.72. The lowest BCUT2D eigenvalue weighted by Gasteiger charge is -2.15. The zero-order chi connectivity index (χ0) is 18.0. The SMILES string of the molecule is C[C@@H](NC(=O)Cn1c(=S)[nH]c2ccccc2c1=O)c1ccc(Br)cc1. The van der Waals surface area contributed by atoms with Gasteiger partial charge in [0.1, 0.15) is 6.54 Å². The molecule has 0 fully saturated rings. The number of aromatic nitrogens is 2. The highest BCUT2D eigenvalue weighted by Gasteiger charge is 2.13. The molecule has 2 aromatic carbocycles. The van der Waals surface area contributed by atoms with Gasteiger partial charge in [-0.05, 0) is 49.0 Å². The van der Waals surface area contributed by atoms with Gasteiger partial charge in [-0.1, -0.05) is 40.2 Å². The van der Waals surface area contributed by atoms with Gasteiger partial charge in [0.25, 0.3) is 5.56 Å². The normalized spacial score (nSPS) is 12.1. The van der Waals surface area contributed by atoms with Gasteiger partial charge >= 0.3 is 0 Å². The molecule has 3 aromatic rings. The highest BCUT2D eigenvalue weighted by molar-refractivity contribution is 9.10. The number of aromatic amines is 1. The number of H-pyrrole nitrogens is 1. The number of rotatable bonds is 4. The lowest BCUT2D eigenvalue weighted by molar-refractivity contribution is -0.122. The molecule has 0 aliphatic carbocycles. The van der Waals surface area contributed by atoms with Gasteiger partial charge < -0.3 is 10.3 Å². The van der Waals surface area contributed by atoms with Crippen LogP contribution in [0.1, 0.15) is 18.5 Å². The number of nitrogens with one attached hydrogen (secondary N) is 2. The molecule has 25 heavy (non-hydrogen) atoms. The molecule has 0 aliphatic heterocycles. The van der Waals surface area contributed by atoms with Gasteiger partial charge in [-0.3, -0.25) is 14.2 Å². The lowest BCUT2D eigenvalue weighted by atomic mass is 10.1. The van der Waals surface area contributed by atoms with E-state index in [4.69, 9.17) is 12.2 Å². The minimum Gasteiger partial charge on any atom is -0.348 e. The largest absolute Gasteiger partial charge is 0.348 e. The Morgan fingerprint density at radius 3 is 2.64 bits per heavy atom. The maximum absolute atomic E-state index is 12.6. The van der Waals surface area contributed by atoms with Crippen molar-refractivity contribution in [2.24, 2.45) is 0 Å². The van der Waals surface area contributed by atoms with E-state index < -0.39 is 0 Å². The first kappa shape index (κ1) is 17.6. The summed E-state index contributed by atoms with van der Waals surface area (Å²) in [6, 6.07) is 14.6. The standard InChI is InChI=1S/C18H16BrN3O2S/c1-11(12-6-8-13(19)9-7-12)20-16(23)10-22-17(24)14-4-2-3-5-15(14)21-18(22)25/h2-9,11H,10H2,1H3,(H,20,23)(H,21,25)/t11-/m1/s1. The van der Waals surface area contributed by atoms with E-state index in [1.165, 1.54) is 4.57 Å². The van der Waals surface area contributed by atoms with E-state index in [0.717, 1.165) is 10.0 Å². The minimum atomic E-state index is -0.272. The van der Waals surface area contributed by atoms with Crippen LogP contribution in [-0.4, -0.2) is 15.5 Å². The highest BCUT2D eigenvalue weighted by Crippen LogP contribution is 2.16. The van der Waals surface area contributed by atoms with Crippen LogP contribution in [0.5, 0.6) is 0 Å². The van der Waals surface area contributed by atoms with Gasteiger partial charge in [-0.25, -0.2) is 0 Å². The maximum Gasteiger partial charge on any atom is 0.262 e. The fourth-order valence-electron chi connectivity index (χ4n) is 2.61. The van der Waals surface area contributed by atoms with E-state index in [1.807, 2.05) is 37.3 Å². The number of carbonyl (C=O) groups is 1. The predicted octanol–water partition coefficient (Wildman–Crippen LogP) is 3.70. The molecule has 0 bridgehead atoms. The van der Waals surface area contributed by atoms with E-state index in [1.54, 1.807) is 18.2 Å². The van der Waals surface area contributed by atoms with E-state index >= 15 is 0 Å². The minimum absolute atomic E-state index is 0.125. The monoisotopic (exact) mass is 417 g/mol. The van der Waals surface area contributed by atoms with Crippen LogP contribution in [0.15, 0.2) is 57.8 Å². The Morgan fingerprint density at radius 2 is 1.92 bits per heavy atom. The molecular weight excluding hydrogens is 402 g/mol. The predicted molar refractivity (Wildman–Crippen MR) is 104 cm³/mol. The van der Waals surface area contributed by atoms with E-state index in [9.17, 15) is 9.59 Å². The summed E-state index contributed by atoms with van der Waals surface area (Å²) in [4.78, 5) is 27.9. The van der Waals surface area contributed by atoms with Crippen LogP contribution < -0.4 is 10.9 Å². The second kappa shape index (κ2) is 7.33. The van der Waals surface area contributed by atoms with Crippen molar-refractivity contribution in [3.05, 3.63) is 73.7 Å². The Morgan fingerprint density at radius 1 is 1.24 bits per heavy atom. The second-order valence-corrected chi connectivity index (χ2v) is 7.01. The Bertz CT molecular complexity index is 1040. The zero-order valence-corrected chi connectivity index (χ0v) is 15.9. The van der Waals surface area contributed by atoms with Crippen molar-refractivity contribution in [2.45, 2.75) is 19.5 Å². The van der Waals surface area contributed by atoms with Crippen molar-refractivity contribution >= 4 is 45.0 Å². The summed E-state index contributed by atoms with van der Waals surface area (Å²) in [6.45, 7) is 1.77. The third-order valence-electron chi connectivity index (χ3n) is 3.94. The summed E-state index contributed by atoms with van der Waals surface area (Å²) in [5.41, 5.74) is 1.37. The molecule has 0 radical (unpaired) electrons. The molecule has 5 nitrogen and oxygen atoms in total. The molecule has 1 amide bonds. The number of nitrogens with zero attached hydrogens (tertiary/aromatic N) is 1. The van der Waals surface area contributed by atoms with E-state index in [0.29, 0.717) is 10.9 Å². The molecular formula is C18H16BrN3O2S. The fraction of sp³-hybridized carbons (Fsp3) is 0.167. The molecule has 128 valence electrons. The molecule has 0 spiro atoms. The molecule has 0 unspecified atom stereocenters. The number of para-hydroxylation sites is 1. The number of halogens is 1. The Labute approximate surface area is 157 Å². The summed E-state index contributed by atoms with van der Waals surface area (Å²) in [5, 5.41) is 3.40. The molecule has 3 rings (SSSR count). The fourth-order valence-corrected chi connectivity index (χ4v) is 3.13. The first-order valence-corrected chi connectivity index (χ1v) is 8.92. The molecule has 7 heteroatoms. The summed E-state index contributed by atoms with van der Waals surface area (Å²) in [5.74, 6) is -0.271. The topological polar surface area (TPSA) is 66.9 Å². The average Bonchev–Trinajstić information content (AvgIpc) is 2.59. The molecule has 1 atom stereocenters. The van der Waals surface area contributed by atoms with Crippen molar-refractivity contribution in [1.29, 1.82) is 0 Å². The van der Waals surface area contributed by atoms with Crippen LogP contribution in [0.3, 0.4) is 0 Å². The third-order valence-corrected chi connectivity index (χ3v) is 4.79. The molecule has 1 heterocycles. The van der Waals surface area contributed by atoms with Gasteiger partial charge in [-0.2, -0.15) is 0 Å². The number of amides is 1. The quantitative estimate of drug-likeness (QED) is 0.635. The van der Waals surface area contributed by atoms with Crippen molar-refractivity contribution in [3.63, 3.8) is 0 Å². The van der Waals surface area contributed by atoms with Gasteiger partial charge in [0.15, 0.2) is 4.77 Å². The summed E-state index contributed by atoms with van der Waals surface area (Å²) < 4.78 is 2.49. The van der Waals surface area contributed by atoms with Crippen LogP contribution in [0.25, 0.3) is 10.9 Å². The lowest BCUT2D eigenvalue weighted by Crippen LogP contribution is -2.34. The Hall–Kier alpha value is -2.25. The van der Waals surface area contributed by atoms with Crippen molar-refractivity contribution in [2.75, 3.05) is 0 Å². The van der Waals surface area contributed by atoms with Gasteiger partial charge in [0.2, 0.25) is 5.91 Å².